The van der Waals surface area contributed by atoms with Crippen LogP contribution in [0.1, 0.15) is 18.1 Å². The maximum absolute atomic E-state index is 14.7. The van der Waals surface area contributed by atoms with Gasteiger partial charge >= 0.3 is 6.18 Å². The Hall–Kier alpha value is -4.16. The molecule has 0 saturated carbocycles. The second-order valence-corrected chi connectivity index (χ2v) is 8.30. The van der Waals surface area contributed by atoms with Gasteiger partial charge in [0, 0.05) is 28.4 Å². The zero-order chi connectivity index (χ0) is 25.4. The lowest BCUT2D eigenvalue weighted by molar-refractivity contribution is -0.138. The number of amides is 1. The van der Waals surface area contributed by atoms with Crippen molar-refractivity contribution in [2.75, 3.05) is 5.32 Å². The van der Waals surface area contributed by atoms with Crippen LogP contribution < -0.4 is 5.32 Å². The predicted octanol–water partition coefficient (Wildman–Crippen LogP) is 5.73. The van der Waals surface area contributed by atoms with Crippen molar-refractivity contribution in [3.05, 3.63) is 89.9 Å². The summed E-state index contributed by atoms with van der Waals surface area (Å²) in [5.74, 6) is -1.37. The number of nitrogens with zero attached hydrogens (tertiary/aromatic N) is 2. The van der Waals surface area contributed by atoms with E-state index in [-0.39, 0.29) is 12.2 Å². The van der Waals surface area contributed by atoms with E-state index in [0.29, 0.717) is 28.1 Å². The third-order valence-corrected chi connectivity index (χ3v) is 5.62. The number of alkyl halides is 3. The quantitative estimate of drug-likeness (QED) is 0.358. The molecule has 1 amide bonds. The van der Waals surface area contributed by atoms with Crippen LogP contribution in [0.15, 0.2) is 72.9 Å². The first-order chi connectivity index (χ1) is 16.5. The number of anilines is 1. The maximum Gasteiger partial charge on any atom is 0.417 e. The molecule has 2 N–H and O–H groups in total. The Bertz CT molecular complexity index is 1450. The molecule has 0 radical (unpaired) electrons. The second kappa shape index (κ2) is 8.89. The van der Waals surface area contributed by atoms with Gasteiger partial charge in [-0.25, -0.2) is 4.39 Å². The van der Waals surface area contributed by atoms with Gasteiger partial charge in [0.15, 0.2) is 5.60 Å². The van der Waals surface area contributed by atoms with E-state index in [9.17, 15) is 27.5 Å². The average molecular weight is 481 g/mol. The van der Waals surface area contributed by atoms with Gasteiger partial charge in [-0.15, -0.1) is 0 Å². The van der Waals surface area contributed by atoms with Crippen molar-refractivity contribution in [1.29, 1.82) is 5.26 Å². The van der Waals surface area contributed by atoms with Gasteiger partial charge in [0.1, 0.15) is 5.82 Å². The minimum atomic E-state index is -4.79. The number of benzene rings is 3. The molecule has 178 valence electrons. The predicted molar refractivity (Wildman–Crippen MR) is 123 cm³/mol. The van der Waals surface area contributed by atoms with E-state index in [1.807, 2.05) is 6.07 Å². The summed E-state index contributed by atoms with van der Waals surface area (Å²) in [4.78, 5) is 12.8. The fraction of sp³-hybridized carbons (Fsp3) is 0.154. The van der Waals surface area contributed by atoms with E-state index in [4.69, 9.17) is 5.26 Å². The van der Waals surface area contributed by atoms with E-state index >= 15 is 0 Å². The zero-order valence-electron chi connectivity index (χ0n) is 18.4. The molecule has 0 fully saturated rings. The lowest BCUT2D eigenvalue weighted by Gasteiger charge is -2.24. The molecule has 0 bridgehead atoms. The van der Waals surface area contributed by atoms with Crippen LogP contribution in [0.3, 0.4) is 0 Å². The highest BCUT2D eigenvalue weighted by Gasteiger charge is 2.35. The number of nitrogens with one attached hydrogen (secondary N) is 1. The fourth-order valence-corrected chi connectivity index (χ4v) is 3.81. The number of hydrogen-bond donors (Lipinski definition) is 2. The van der Waals surface area contributed by atoms with Gasteiger partial charge in [0.05, 0.1) is 23.7 Å². The lowest BCUT2D eigenvalue weighted by atomic mass is 10.0. The van der Waals surface area contributed by atoms with Crippen LogP contribution in [0.2, 0.25) is 0 Å². The van der Waals surface area contributed by atoms with Gasteiger partial charge in [0.25, 0.3) is 5.91 Å². The summed E-state index contributed by atoms with van der Waals surface area (Å²) in [5, 5.41) is 22.6. The molecule has 4 rings (SSSR count). The number of rotatable bonds is 5. The highest BCUT2D eigenvalue weighted by molar-refractivity contribution is 5.97. The standard InChI is InChI=1S/C26H19F4N3O2/c1-25(35,24(34)32-19-8-7-18(14-31)21(12-19)26(28,29)30)15-33-10-9-17-11-22(27)20(13-23(17)33)16-5-3-2-4-6-16/h2-13,35H,15H2,1H3,(H,32,34)/t25-/m0/s1. The molecule has 0 aliphatic heterocycles. The molecule has 9 heteroatoms. The van der Waals surface area contributed by atoms with Crippen molar-refractivity contribution < 1.29 is 27.5 Å². The fourth-order valence-electron chi connectivity index (χ4n) is 3.81. The Kier molecular flexibility index (Phi) is 6.09. The summed E-state index contributed by atoms with van der Waals surface area (Å²) in [6, 6.07) is 17.7. The van der Waals surface area contributed by atoms with Crippen molar-refractivity contribution in [2.45, 2.75) is 25.2 Å². The second-order valence-electron chi connectivity index (χ2n) is 8.30. The summed E-state index contributed by atoms with van der Waals surface area (Å²) in [6.45, 7) is 0.981. The Balaban J connectivity index is 1.61. The van der Waals surface area contributed by atoms with E-state index in [2.05, 4.69) is 5.32 Å². The van der Waals surface area contributed by atoms with Crippen LogP contribution in [0.4, 0.5) is 23.2 Å². The van der Waals surface area contributed by atoms with E-state index in [1.165, 1.54) is 19.1 Å². The summed E-state index contributed by atoms with van der Waals surface area (Å²) < 4.78 is 55.9. The van der Waals surface area contributed by atoms with Crippen LogP contribution in [-0.2, 0) is 17.5 Å². The van der Waals surface area contributed by atoms with Crippen molar-refractivity contribution in [3.63, 3.8) is 0 Å². The number of fused-ring (bicyclic) bond motifs is 1. The number of nitriles is 1. The summed E-state index contributed by atoms with van der Waals surface area (Å²) in [5.41, 5.74) is -2.44. The molecule has 35 heavy (non-hydrogen) atoms. The van der Waals surface area contributed by atoms with Gasteiger partial charge in [-0.1, -0.05) is 30.3 Å². The Morgan fingerprint density at radius 2 is 1.80 bits per heavy atom. The molecule has 3 aromatic carbocycles. The van der Waals surface area contributed by atoms with Crippen LogP contribution in [0.5, 0.6) is 0 Å². The summed E-state index contributed by atoms with van der Waals surface area (Å²) in [6.07, 6.45) is -3.20. The smallest absolute Gasteiger partial charge is 0.378 e. The third-order valence-electron chi connectivity index (χ3n) is 5.62. The molecule has 0 aliphatic carbocycles. The molecule has 0 unspecified atom stereocenters. The molecule has 1 aromatic heterocycles. The van der Waals surface area contributed by atoms with E-state index in [1.54, 1.807) is 47.2 Å². The van der Waals surface area contributed by atoms with Crippen LogP contribution in [0.25, 0.3) is 22.0 Å². The number of halogens is 4. The molecule has 0 saturated heterocycles. The van der Waals surface area contributed by atoms with Gasteiger partial charge in [0.2, 0.25) is 0 Å². The van der Waals surface area contributed by atoms with Crippen molar-refractivity contribution in [2.24, 2.45) is 0 Å². The maximum atomic E-state index is 14.7. The first kappa shape index (κ1) is 24.0. The minimum absolute atomic E-state index is 0.215. The summed E-state index contributed by atoms with van der Waals surface area (Å²) in [7, 11) is 0. The Morgan fingerprint density at radius 1 is 1.09 bits per heavy atom. The van der Waals surface area contributed by atoms with Crippen LogP contribution in [-0.4, -0.2) is 21.2 Å². The van der Waals surface area contributed by atoms with Gasteiger partial charge in [-0.05, 0) is 48.9 Å². The molecule has 4 aromatic rings. The molecule has 1 heterocycles. The highest BCUT2D eigenvalue weighted by Crippen LogP contribution is 2.34. The topological polar surface area (TPSA) is 78.1 Å². The van der Waals surface area contributed by atoms with E-state index in [0.717, 1.165) is 12.1 Å². The van der Waals surface area contributed by atoms with Crippen LogP contribution >= 0.6 is 0 Å². The molecule has 1 atom stereocenters. The normalized spacial score (nSPS) is 13.3. The molecular formula is C26H19F4N3O2. The minimum Gasteiger partial charge on any atom is -0.378 e. The number of hydrogen-bond acceptors (Lipinski definition) is 3. The van der Waals surface area contributed by atoms with Crippen molar-refractivity contribution >= 4 is 22.5 Å². The largest absolute Gasteiger partial charge is 0.417 e. The van der Waals surface area contributed by atoms with Gasteiger partial charge in [-0.3, -0.25) is 4.79 Å². The third kappa shape index (κ3) is 4.88. The number of carbonyl (C=O) groups is 1. The summed E-state index contributed by atoms with van der Waals surface area (Å²) >= 11 is 0. The first-order valence-electron chi connectivity index (χ1n) is 10.5. The number of aromatic nitrogens is 1. The SMILES string of the molecule is C[C@](O)(Cn1ccc2cc(F)c(-c3ccccc3)cc21)C(=O)Nc1ccc(C#N)c(C(F)(F)F)c1. The van der Waals surface area contributed by atoms with Gasteiger partial charge < -0.3 is 15.0 Å². The van der Waals surface area contributed by atoms with Crippen LogP contribution in [0, 0.1) is 17.1 Å². The van der Waals surface area contributed by atoms with Gasteiger partial charge in [-0.2, -0.15) is 18.4 Å². The highest BCUT2D eigenvalue weighted by atomic mass is 19.4. The van der Waals surface area contributed by atoms with Crippen molar-refractivity contribution in [1.82, 2.24) is 4.57 Å². The number of carbonyl (C=O) groups excluding carboxylic acids is 1. The Morgan fingerprint density at radius 3 is 2.46 bits per heavy atom. The molecule has 0 aliphatic rings. The first-order valence-corrected chi connectivity index (χ1v) is 10.5. The average Bonchev–Trinajstić information content (AvgIpc) is 3.19. The molecule has 5 nitrogen and oxygen atoms in total. The molecule has 0 spiro atoms. The monoisotopic (exact) mass is 481 g/mol. The lowest BCUT2D eigenvalue weighted by Crippen LogP contribution is -2.43. The Labute approximate surface area is 197 Å². The molecular weight excluding hydrogens is 462 g/mol. The van der Waals surface area contributed by atoms with E-state index < -0.39 is 34.6 Å². The zero-order valence-corrected chi connectivity index (χ0v) is 18.4. The van der Waals surface area contributed by atoms with Crippen molar-refractivity contribution in [3.8, 4) is 17.2 Å². The number of aliphatic hydroxyl groups is 1.